The number of carbonyl (C=O) groups is 12. The van der Waals surface area contributed by atoms with Crippen LogP contribution in [-0.2, 0) is 0 Å². The van der Waals surface area contributed by atoms with Gasteiger partial charge < -0.3 is 81.7 Å². The maximum absolute atomic E-state index is 10.5. The van der Waals surface area contributed by atoms with Crippen molar-refractivity contribution in [2.75, 3.05) is 0 Å². The van der Waals surface area contributed by atoms with Crippen LogP contribution < -0.4 is 0 Å². The van der Waals surface area contributed by atoms with E-state index in [-0.39, 0.29) is 50.3 Å². The fraction of sp³-hybridized carbons (Fsp3) is 0.0435. The molecule has 97 heavy (non-hydrogen) atoms. The van der Waals surface area contributed by atoms with Crippen LogP contribution in [0.3, 0.4) is 0 Å². The van der Waals surface area contributed by atoms with Crippen LogP contribution in [0.4, 0.5) is 0 Å². The van der Waals surface area contributed by atoms with Crippen molar-refractivity contribution in [3.63, 3.8) is 0 Å². The van der Waals surface area contributed by atoms with E-state index in [1.165, 1.54) is 78.9 Å². The molecule has 9 aromatic rings. The monoisotopic (exact) mass is 1340 g/mol. The second-order valence-electron chi connectivity index (χ2n) is 18.7. The number of aryl methyl sites for hydroxylation is 3. The summed E-state index contributed by atoms with van der Waals surface area (Å²) in [4.78, 5) is 124. The molecule has 0 aliphatic rings. The van der Waals surface area contributed by atoms with Gasteiger partial charge in [0.2, 0.25) is 0 Å². The lowest BCUT2D eigenvalue weighted by Gasteiger charge is -2.01. The normalized spacial score (nSPS) is 9.31. The van der Waals surface area contributed by atoms with Crippen LogP contribution in [0, 0.1) is 20.8 Å². The van der Waals surface area contributed by atoms with Gasteiger partial charge in [-0.25, -0.2) is 57.5 Å². The van der Waals surface area contributed by atoms with Gasteiger partial charge in [-0.05, 0) is 148 Å². The number of phenolic OH excluding ortho intramolecular Hbond substituents is 3. The Morgan fingerprint density at radius 1 is 0.206 bits per heavy atom. The summed E-state index contributed by atoms with van der Waals surface area (Å²) in [6.45, 7) is 5.57. The van der Waals surface area contributed by atoms with Gasteiger partial charge in [0.05, 0.1) is 61.2 Å². The van der Waals surface area contributed by atoms with E-state index in [1.807, 2.05) is 26.0 Å². The lowest BCUT2D eigenvalue weighted by molar-refractivity contribution is 0.0651. The van der Waals surface area contributed by atoms with Crippen LogP contribution in [0.2, 0.25) is 0 Å². The molecule has 0 aliphatic carbocycles. The minimum absolute atomic E-state index is 0.0186. The maximum atomic E-state index is 10.5. The zero-order chi connectivity index (χ0) is 73.6. The van der Waals surface area contributed by atoms with E-state index in [9.17, 15) is 57.5 Å². The molecule has 0 radical (unpaired) electrons. The van der Waals surface area contributed by atoms with Crippen molar-refractivity contribution >= 4 is 71.6 Å². The van der Waals surface area contributed by atoms with Gasteiger partial charge in [0.1, 0.15) is 11.3 Å². The Hall–Kier alpha value is -14.2. The largest absolute Gasteiger partial charge is 0.507 e. The topological polar surface area (TPSA) is 529 Å². The van der Waals surface area contributed by atoms with Gasteiger partial charge >= 0.3 is 71.6 Å². The Labute approximate surface area is 548 Å². The molecular weight excluding hydrogens is 1280 g/mol. The summed E-state index contributed by atoms with van der Waals surface area (Å²) in [5.74, 6) is -15.0. The Kier molecular flexibility index (Phi) is 34.4. The third kappa shape index (κ3) is 30.5. The Morgan fingerprint density at radius 2 is 0.485 bits per heavy atom. The molecular formula is C69H60O28. The fourth-order valence-corrected chi connectivity index (χ4v) is 6.65. The number of aromatic carboxylic acids is 12. The zero-order valence-electron chi connectivity index (χ0n) is 50.8. The summed E-state index contributed by atoms with van der Waals surface area (Å²) in [5, 5.41) is 137. The van der Waals surface area contributed by atoms with Gasteiger partial charge in [-0.3, -0.25) is 0 Å². The number of rotatable bonds is 12. The number of carboxylic acids is 12. The molecule has 9 rings (SSSR count). The molecule has 504 valence electrons. The number of aromatic hydroxyl groups is 4. The Balaban J connectivity index is 0.000000546. The van der Waals surface area contributed by atoms with Gasteiger partial charge in [0.15, 0.2) is 17.2 Å². The Morgan fingerprint density at radius 3 is 0.773 bits per heavy atom. The van der Waals surface area contributed by atoms with Gasteiger partial charge in [0, 0.05) is 0 Å². The number of hydrogen-bond donors (Lipinski definition) is 16. The first-order valence-electron chi connectivity index (χ1n) is 26.9. The summed E-state index contributed by atoms with van der Waals surface area (Å²) in [5.41, 5.74) is 3.63. The molecule has 0 aromatic heterocycles. The first kappa shape index (κ1) is 80.8. The molecule has 0 spiro atoms. The molecule has 0 aliphatic heterocycles. The van der Waals surface area contributed by atoms with Crippen molar-refractivity contribution in [2.45, 2.75) is 20.8 Å². The summed E-state index contributed by atoms with van der Waals surface area (Å²) >= 11 is 0. The van der Waals surface area contributed by atoms with Crippen molar-refractivity contribution in [1.82, 2.24) is 0 Å². The molecule has 0 saturated heterocycles. The number of hydrogen-bond acceptors (Lipinski definition) is 16. The molecule has 0 unspecified atom stereocenters. The standard InChI is InChI=1S/3C8H6O4.3C8H8O2.C7H6O5.C7H6O3.C7H6O2/c9-7(10)5-1-2-6(4-3-5)8(11)12;9-7(10)5-2-1-3-6(4-5)8(11)12;9-7(10)5-3-1-2-4-6(5)8(11)12;1-6-2-4-7(5-3-6)8(9)10;1-6-3-2-4-7(5-6)8(9)10;1-6-4-2-3-5-7(6)8(9)10;8-4-1-3(7(11)12)2-5(9)6(4)10;8-6-4-2-1-3-5(6)7(9)10;8-7(9)6-4-2-1-3-5-6/h3*1-4H,(H,9,10)(H,11,12);3*2-5H,1H3,(H,9,10);1-2,8-10H,(H,11,12);1-4,8H,(H,9,10);1-5H,(H,8,9). The number of para-hydroxylation sites is 1. The minimum atomic E-state index is -1.29. The highest BCUT2D eigenvalue weighted by atomic mass is 16.4. The molecule has 0 bridgehead atoms. The van der Waals surface area contributed by atoms with E-state index in [0.717, 1.165) is 34.9 Å². The quantitative estimate of drug-likeness (QED) is 0.0505. The van der Waals surface area contributed by atoms with E-state index < -0.39 is 88.9 Å². The molecule has 0 heterocycles. The molecule has 0 saturated carbocycles. The molecule has 0 atom stereocenters. The van der Waals surface area contributed by atoms with Crippen LogP contribution in [0.1, 0.15) is 141 Å². The highest BCUT2D eigenvalue weighted by molar-refractivity contribution is 6.01. The van der Waals surface area contributed by atoms with Crippen LogP contribution in [-0.4, -0.2) is 153 Å². The van der Waals surface area contributed by atoms with Gasteiger partial charge in [0.25, 0.3) is 0 Å². The summed E-state index contributed by atoms with van der Waals surface area (Å²) in [6, 6.07) is 52.0. The van der Waals surface area contributed by atoms with Crippen LogP contribution in [0.5, 0.6) is 23.0 Å². The zero-order valence-corrected chi connectivity index (χ0v) is 50.8. The predicted octanol–water partition coefficient (Wildman–Crippen LogP) is 11.3. The third-order valence-corrected chi connectivity index (χ3v) is 11.5. The van der Waals surface area contributed by atoms with Crippen molar-refractivity contribution < 1.29 is 139 Å². The summed E-state index contributed by atoms with van der Waals surface area (Å²) in [7, 11) is 0. The lowest BCUT2D eigenvalue weighted by Crippen LogP contribution is -2.06. The lowest BCUT2D eigenvalue weighted by atomic mass is 10.1. The van der Waals surface area contributed by atoms with Crippen LogP contribution in [0.25, 0.3) is 0 Å². The molecule has 0 amide bonds. The molecule has 16 N–H and O–H groups in total. The molecule has 28 heteroatoms. The van der Waals surface area contributed by atoms with E-state index >= 15 is 0 Å². The van der Waals surface area contributed by atoms with E-state index in [4.69, 9.17) is 81.7 Å². The van der Waals surface area contributed by atoms with Crippen LogP contribution in [0.15, 0.2) is 212 Å². The Bertz CT molecular complexity index is 4040. The van der Waals surface area contributed by atoms with E-state index in [2.05, 4.69) is 0 Å². The number of carboxylic acid groups (broad SMARTS) is 12. The van der Waals surface area contributed by atoms with Gasteiger partial charge in [-0.15, -0.1) is 0 Å². The van der Waals surface area contributed by atoms with Gasteiger partial charge in [-0.2, -0.15) is 0 Å². The SMILES string of the molecule is Cc1ccc(C(=O)O)cc1.Cc1cccc(C(=O)O)c1.Cc1ccccc1C(=O)O.O=C(O)c1cc(O)c(O)c(O)c1.O=C(O)c1ccc(C(=O)O)cc1.O=C(O)c1cccc(C(=O)O)c1.O=C(O)c1ccccc1.O=C(O)c1ccccc1C(=O)O.O=C(O)c1ccccc1O. The first-order chi connectivity index (χ1) is 45.5. The third-order valence-electron chi connectivity index (χ3n) is 11.5. The maximum Gasteiger partial charge on any atom is 0.339 e. The van der Waals surface area contributed by atoms with E-state index in [0.29, 0.717) is 22.3 Å². The van der Waals surface area contributed by atoms with Gasteiger partial charge in [-0.1, -0.05) is 102 Å². The fourth-order valence-electron chi connectivity index (χ4n) is 6.65. The van der Waals surface area contributed by atoms with Crippen molar-refractivity contribution in [3.05, 3.63) is 296 Å². The second-order valence-corrected chi connectivity index (χ2v) is 18.7. The molecule has 0 fully saturated rings. The molecule has 28 nitrogen and oxygen atoms in total. The van der Waals surface area contributed by atoms with Crippen molar-refractivity contribution in [3.8, 4) is 23.0 Å². The van der Waals surface area contributed by atoms with Crippen molar-refractivity contribution in [2.24, 2.45) is 0 Å². The summed E-state index contributed by atoms with van der Waals surface area (Å²) < 4.78 is 0. The average molecular weight is 1340 g/mol. The smallest absolute Gasteiger partial charge is 0.339 e. The highest BCUT2D eigenvalue weighted by Gasteiger charge is 2.15. The average Bonchev–Trinajstić information content (AvgIpc) is 0.881. The summed E-state index contributed by atoms with van der Waals surface area (Å²) in [6.07, 6.45) is 0. The second kappa shape index (κ2) is 41.3. The minimum Gasteiger partial charge on any atom is -0.507 e. The van der Waals surface area contributed by atoms with Crippen molar-refractivity contribution in [1.29, 1.82) is 0 Å². The predicted molar refractivity (Wildman–Crippen MR) is 342 cm³/mol. The highest BCUT2D eigenvalue weighted by Crippen LogP contribution is 2.35. The number of benzene rings is 9. The van der Waals surface area contributed by atoms with Crippen LogP contribution >= 0.6 is 0 Å². The number of phenols is 4. The first-order valence-corrected chi connectivity index (χ1v) is 26.9. The molecule has 9 aromatic carbocycles. The van der Waals surface area contributed by atoms with E-state index in [1.54, 1.807) is 110 Å².